The van der Waals surface area contributed by atoms with Gasteiger partial charge >= 0.3 is 0 Å². The third-order valence-corrected chi connectivity index (χ3v) is 2.76. The minimum absolute atomic E-state index is 0.0324. The van der Waals surface area contributed by atoms with Gasteiger partial charge < -0.3 is 15.2 Å². The molecule has 1 amide bonds. The number of methoxy groups -OCH3 is 1. The van der Waals surface area contributed by atoms with Crippen LogP contribution in [0.5, 0.6) is 0 Å². The molecule has 0 aromatic heterocycles. The molecule has 0 radical (unpaired) electrons. The van der Waals surface area contributed by atoms with Crippen LogP contribution in [0, 0.1) is 10.1 Å². The predicted octanol–water partition coefficient (Wildman–Crippen LogP) is 0.474. The van der Waals surface area contributed by atoms with E-state index in [1.54, 1.807) is 12.0 Å². The Labute approximate surface area is 122 Å². The zero-order valence-corrected chi connectivity index (χ0v) is 11.8. The first-order chi connectivity index (χ1) is 10.1. The number of nitro benzene ring substituents is 1. The Kier molecular flexibility index (Phi) is 7.30. The SMILES string of the molecule is COCCN(CCO)CC(=O)Nc1ccc([N+](=O)[O-])cc1. The fraction of sp³-hybridized carbons (Fsp3) is 0.462. The van der Waals surface area contributed by atoms with Gasteiger partial charge in [-0.3, -0.25) is 19.8 Å². The number of benzene rings is 1. The summed E-state index contributed by atoms with van der Waals surface area (Å²) in [5.74, 6) is -0.256. The molecule has 8 heteroatoms. The summed E-state index contributed by atoms with van der Waals surface area (Å²) in [6.45, 7) is 1.43. The van der Waals surface area contributed by atoms with Gasteiger partial charge in [0.05, 0.1) is 24.7 Å². The third kappa shape index (κ3) is 6.30. The van der Waals surface area contributed by atoms with Gasteiger partial charge in [0.1, 0.15) is 0 Å². The Bertz CT molecular complexity index is 463. The topological polar surface area (TPSA) is 105 Å². The van der Waals surface area contributed by atoms with Crippen molar-refractivity contribution in [2.45, 2.75) is 0 Å². The molecule has 0 atom stereocenters. The summed E-state index contributed by atoms with van der Waals surface area (Å²) in [4.78, 5) is 23.7. The average molecular weight is 297 g/mol. The number of aliphatic hydroxyl groups is 1. The minimum Gasteiger partial charge on any atom is -0.395 e. The van der Waals surface area contributed by atoms with E-state index < -0.39 is 4.92 Å². The zero-order chi connectivity index (χ0) is 15.7. The van der Waals surface area contributed by atoms with E-state index in [1.807, 2.05) is 0 Å². The van der Waals surface area contributed by atoms with Crippen LogP contribution in [0.1, 0.15) is 0 Å². The van der Waals surface area contributed by atoms with Crippen LogP contribution in [0.4, 0.5) is 11.4 Å². The van der Waals surface area contributed by atoms with Crippen LogP contribution in [0.3, 0.4) is 0 Å². The first kappa shape index (κ1) is 17.0. The Morgan fingerprint density at radius 1 is 1.38 bits per heavy atom. The fourth-order valence-corrected chi connectivity index (χ4v) is 1.70. The lowest BCUT2D eigenvalue weighted by Gasteiger charge is -2.20. The van der Waals surface area contributed by atoms with E-state index in [1.165, 1.54) is 24.3 Å². The van der Waals surface area contributed by atoms with E-state index in [0.717, 1.165) is 0 Å². The van der Waals surface area contributed by atoms with Crippen molar-refractivity contribution in [3.05, 3.63) is 34.4 Å². The maximum absolute atomic E-state index is 11.9. The molecule has 8 nitrogen and oxygen atoms in total. The largest absolute Gasteiger partial charge is 0.395 e. The second-order valence-electron chi connectivity index (χ2n) is 4.34. The van der Waals surface area contributed by atoms with Crippen molar-refractivity contribution in [1.82, 2.24) is 4.90 Å². The Morgan fingerprint density at radius 2 is 2.05 bits per heavy atom. The highest BCUT2D eigenvalue weighted by molar-refractivity contribution is 5.92. The van der Waals surface area contributed by atoms with Crippen molar-refractivity contribution in [3.63, 3.8) is 0 Å². The molecule has 0 heterocycles. The Hall–Kier alpha value is -2.03. The lowest BCUT2D eigenvalue weighted by atomic mass is 10.3. The number of hydrogen-bond donors (Lipinski definition) is 2. The van der Waals surface area contributed by atoms with Crippen LogP contribution in [0.25, 0.3) is 0 Å². The highest BCUT2D eigenvalue weighted by Crippen LogP contribution is 2.15. The number of carbonyl (C=O) groups is 1. The normalized spacial score (nSPS) is 10.6. The zero-order valence-electron chi connectivity index (χ0n) is 11.8. The first-order valence-corrected chi connectivity index (χ1v) is 6.43. The summed E-state index contributed by atoms with van der Waals surface area (Å²) in [5.41, 5.74) is 0.455. The number of rotatable bonds is 9. The molecule has 0 saturated heterocycles. The molecule has 1 aromatic carbocycles. The Balaban J connectivity index is 2.52. The van der Waals surface area contributed by atoms with Gasteiger partial charge in [-0.05, 0) is 12.1 Å². The third-order valence-electron chi connectivity index (χ3n) is 2.76. The van der Waals surface area contributed by atoms with Gasteiger partial charge in [-0.15, -0.1) is 0 Å². The molecule has 1 aromatic rings. The summed E-state index contributed by atoms with van der Waals surface area (Å²) < 4.78 is 4.94. The van der Waals surface area contributed by atoms with Crippen LogP contribution in [-0.4, -0.2) is 60.8 Å². The van der Waals surface area contributed by atoms with Crippen molar-refractivity contribution < 1.29 is 19.6 Å². The van der Waals surface area contributed by atoms with E-state index in [0.29, 0.717) is 25.4 Å². The minimum atomic E-state index is -0.501. The summed E-state index contributed by atoms with van der Waals surface area (Å²) >= 11 is 0. The standard InChI is InChI=1S/C13H19N3O5/c1-21-9-7-15(6-8-17)10-13(18)14-11-2-4-12(5-3-11)16(19)20/h2-5,17H,6-10H2,1H3,(H,14,18). The highest BCUT2D eigenvalue weighted by atomic mass is 16.6. The molecule has 0 bridgehead atoms. The number of carbonyl (C=O) groups excluding carboxylic acids is 1. The van der Waals surface area contributed by atoms with Crippen molar-refractivity contribution in [3.8, 4) is 0 Å². The van der Waals surface area contributed by atoms with Crippen LogP contribution < -0.4 is 5.32 Å². The van der Waals surface area contributed by atoms with E-state index in [2.05, 4.69) is 5.32 Å². The van der Waals surface area contributed by atoms with E-state index >= 15 is 0 Å². The van der Waals surface area contributed by atoms with Crippen LogP contribution in [0.2, 0.25) is 0 Å². The number of hydrogen-bond acceptors (Lipinski definition) is 6. The number of nitrogens with one attached hydrogen (secondary N) is 1. The quantitative estimate of drug-likeness (QED) is 0.507. The fourth-order valence-electron chi connectivity index (χ4n) is 1.70. The van der Waals surface area contributed by atoms with Gasteiger partial charge in [-0.25, -0.2) is 0 Å². The molecule has 0 aliphatic carbocycles. The maximum Gasteiger partial charge on any atom is 0.269 e. The summed E-state index contributed by atoms with van der Waals surface area (Å²) in [6, 6.07) is 5.60. The molecule has 0 spiro atoms. The lowest BCUT2D eigenvalue weighted by molar-refractivity contribution is -0.384. The summed E-state index contributed by atoms with van der Waals surface area (Å²) in [6.07, 6.45) is 0. The molecule has 116 valence electrons. The van der Waals surface area contributed by atoms with Crippen molar-refractivity contribution >= 4 is 17.3 Å². The number of anilines is 1. The molecule has 0 fully saturated rings. The summed E-state index contributed by atoms with van der Waals surface area (Å²) in [7, 11) is 1.56. The van der Waals surface area contributed by atoms with Gasteiger partial charge in [0.15, 0.2) is 0 Å². The second kappa shape index (κ2) is 9.01. The Morgan fingerprint density at radius 3 is 2.57 bits per heavy atom. The number of non-ortho nitro benzene ring substituents is 1. The van der Waals surface area contributed by atoms with Gasteiger partial charge in [0.25, 0.3) is 5.69 Å². The van der Waals surface area contributed by atoms with Crippen molar-refractivity contribution in [2.75, 3.05) is 45.3 Å². The summed E-state index contributed by atoms with van der Waals surface area (Å²) in [5, 5.41) is 22.1. The maximum atomic E-state index is 11.9. The smallest absolute Gasteiger partial charge is 0.269 e. The molecular weight excluding hydrogens is 278 g/mol. The number of ether oxygens (including phenoxy) is 1. The molecule has 1 rings (SSSR count). The van der Waals surface area contributed by atoms with Crippen LogP contribution in [0.15, 0.2) is 24.3 Å². The van der Waals surface area contributed by atoms with Crippen LogP contribution in [-0.2, 0) is 9.53 Å². The second-order valence-corrected chi connectivity index (χ2v) is 4.34. The van der Waals surface area contributed by atoms with Gasteiger partial charge in [-0.2, -0.15) is 0 Å². The lowest BCUT2D eigenvalue weighted by Crippen LogP contribution is -2.37. The van der Waals surface area contributed by atoms with E-state index in [-0.39, 0.29) is 24.7 Å². The molecule has 0 saturated carbocycles. The molecular formula is C13H19N3O5. The van der Waals surface area contributed by atoms with E-state index in [4.69, 9.17) is 9.84 Å². The van der Waals surface area contributed by atoms with E-state index in [9.17, 15) is 14.9 Å². The molecule has 2 N–H and O–H groups in total. The molecule has 0 unspecified atom stereocenters. The molecule has 0 aliphatic rings. The van der Waals surface area contributed by atoms with Gasteiger partial charge in [0, 0.05) is 38.0 Å². The highest BCUT2D eigenvalue weighted by Gasteiger charge is 2.11. The van der Waals surface area contributed by atoms with Gasteiger partial charge in [-0.1, -0.05) is 0 Å². The molecule has 21 heavy (non-hydrogen) atoms. The monoisotopic (exact) mass is 297 g/mol. The first-order valence-electron chi connectivity index (χ1n) is 6.43. The van der Waals surface area contributed by atoms with Crippen LogP contribution >= 0.6 is 0 Å². The number of amides is 1. The van der Waals surface area contributed by atoms with Gasteiger partial charge in [0.2, 0.25) is 5.91 Å². The number of aliphatic hydroxyl groups excluding tert-OH is 1. The number of nitro groups is 1. The number of nitrogens with zero attached hydrogens (tertiary/aromatic N) is 2. The predicted molar refractivity (Wildman–Crippen MR) is 77.1 cm³/mol. The molecule has 0 aliphatic heterocycles. The average Bonchev–Trinajstić information content (AvgIpc) is 2.45. The van der Waals surface area contributed by atoms with Crippen molar-refractivity contribution in [1.29, 1.82) is 0 Å². The van der Waals surface area contributed by atoms with Crippen molar-refractivity contribution in [2.24, 2.45) is 0 Å².